The number of alkyl halides is 4. The Balaban J connectivity index is 2.35. The molecule has 0 unspecified atom stereocenters. The third kappa shape index (κ3) is 3.32. The molecule has 21 heavy (non-hydrogen) atoms. The van der Waals surface area contributed by atoms with Crippen LogP contribution in [0.5, 0.6) is 5.88 Å². The number of hydrazine groups is 1. The number of halogens is 4. The van der Waals surface area contributed by atoms with Crippen LogP contribution in [0, 0.1) is 0 Å². The normalized spacial score (nSPS) is 12.1. The Kier molecular flexibility index (Phi) is 4.47. The summed E-state index contributed by atoms with van der Waals surface area (Å²) in [5.41, 5.74) is 2.18. The molecule has 0 radical (unpaired) electrons. The van der Waals surface area contributed by atoms with Crippen LogP contribution < -0.4 is 16.0 Å². The van der Waals surface area contributed by atoms with Crippen LogP contribution >= 0.6 is 11.3 Å². The van der Waals surface area contributed by atoms with Crippen LogP contribution in [0.3, 0.4) is 0 Å². The van der Waals surface area contributed by atoms with Crippen molar-refractivity contribution >= 4 is 27.5 Å². The van der Waals surface area contributed by atoms with Crippen molar-refractivity contribution in [3.05, 3.63) is 10.9 Å². The standard InChI is InChI=1S/C11H12F4N4OS/c1-2-5-3-6-7(20-4-11(14,15)9(12)13)17-10(19-16)18-8(6)21-5/h3,9H,2,4,16H2,1H3,(H,17,18,19). The van der Waals surface area contributed by atoms with Crippen LogP contribution in [0.25, 0.3) is 10.2 Å². The fourth-order valence-corrected chi connectivity index (χ4v) is 2.48. The molecule has 2 rings (SSSR count). The van der Waals surface area contributed by atoms with Gasteiger partial charge in [0.2, 0.25) is 11.8 Å². The fraction of sp³-hybridized carbons (Fsp3) is 0.455. The summed E-state index contributed by atoms with van der Waals surface area (Å²) in [7, 11) is 0. The van der Waals surface area contributed by atoms with Crippen LogP contribution in [0.4, 0.5) is 23.5 Å². The maximum atomic E-state index is 12.9. The van der Waals surface area contributed by atoms with Gasteiger partial charge in [-0.05, 0) is 12.5 Å². The third-order valence-electron chi connectivity index (χ3n) is 2.61. The Bertz CT molecular complexity index is 634. The van der Waals surface area contributed by atoms with E-state index in [2.05, 4.69) is 15.4 Å². The molecule has 2 heterocycles. The quantitative estimate of drug-likeness (QED) is 0.486. The molecule has 0 saturated heterocycles. The number of thiophene rings is 1. The predicted molar refractivity (Wildman–Crippen MR) is 71.0 cm³/mol. The lowest BCUT2D eigenvalue weighted by atomic mass is 10.3. The molecule has 0 spiro atoms. The van der Waals surface area contributed by atoms with Gasteiger partial charge in [-0.1, -0.05) is 6.92 Å². The van der Waals surface area contributed by atoms with Gasteiger partial charge in [0.25, 0.3) is 0 Å². The maximum absolute atomic E-state index is 12.9. The third-order valence-corrected chi connectivity index (χ3v) is 3.78. The van der Waals surface area contributed by atoms with E-state index in [0.717, 1.165) is 4.88 Å². The number of hydrogen-bond acceptors (Lipinski definition) is 6. The first-order chi connectivity index (χ1) is 9.87. The molecule has 0 aliphatic rings. The number of anilines is 1. The Morgan fingerprint density at radius 3 is 2.71 bits per heavy atom. The number of hydrogen-bond donors (Lipinski definition) is 2. The Hall–Kier alpha value is -1.68. The highest BCUT2D eigenvalue weighted by atomic mass is 32.1. The molecule has 2 aromatic rings. The molecule has 0 amide bonds. The molecule has 3 N–H and O–H groups in total. The molecule has 0 saturated carbocycles. The topological polar surface area (TPSA) is 73.1 Å². The van der Waals surface area contributed by atoms with Crippen molar-refractivity contribution in [3.8, 4) is 5.88 Å². The van der Waals surface area contributed by atoms with E-state index in [1.165, 1.54) is 11.3 Å². The van der Waals surface area contributed by atoms with E-state index in [0.29, 0.717) is 16.6 Å². The Labute approximate surface area is 121 Å². The summed E-state index contributed by atoms with van der Waals surface area (Å²) in [6, 6.07) is 1.68. The van der Waals surface area contributed by atoms with Crippen molar-refractivity contribution in [3.63, 3.8) is 0 Å². The van der Waals surface area contributed by atoms with E-state index in [-0.39, 0.29) is 11.8 Å². The van der Waals surface area contributed by atoms with Gasteiger partial charge in [0.15, 0.2) is 6.61 Å². The summed E-state index contributed by atoms with van der Waals surface area (Å²) in [5, 5.41) is 0.390. The zero-order valence-corrected chi connectivity index (χ0v) is 11.7. The molecular formula is C11H12F4N4OS. The first-order valence-corrected chi connectivity index (χ1v) is 6.75. The SMILES string of the molecule is CCc1cc2c(OCC(F)(F)C(F)F)nc(NN)nc2s1. The van der Waals surface area contributed by atoms with Crippen LogP contribution in [0.15, 0.2) is 6.07 Å². The lowest BCUT2D eigenvalue weighted by Gasteiger charge is -2.16. The lowest BCUT2D eigenvalue weighted by molar-refractivity contribution is -0.148. The lowest BCUT2D eigenvalue weighted by Crippen LogP contribution is -2.34. The highest BCUT2D eigenvalue weighted by Gasteiger charge is 2.42. The molecule has 2 aromatic heterocycles. The van der Waals surface area contributed by atoms with Crippen LogP contribution in [0.2, 0.25) is 0 Å². The second-order valence-electron chi connectivity index (χ2n) is 4.13. The van der Waals surface area contributed by atoms with Gasteiger partial charge in [0.05, 0.1) is 5.39 Å². The van der Waals surface area contributed by atoms with Crippen molar-refractivity contribution in [2.24, 2.45) is 5.84 Å². The van der Waals surface area contributed by atoms with E-state index in [1.807, 2.05) is 6.92 Å². The Morgan fingerprint density at radius 1 is 1.43 bits per heavy atom. The summed E-state index contributed by atoms with van der Waals surface area (Å²) in [6.45, 7) is 0.434. The minimum atomic E-state index is -4.25. The van der Waals surface area contributed by atoms with E-state index < -0.39 is 19.0 Å². The molecule has 116 valence electrons. The molecule has 0 fully saturated rings. The molecular weight excluding hydrogens is 312 g/mol. The first kappa shape index (κ1) is 15.7. The number of aromatic nitrogens is 2. The minimum Gasteiger partial charge on any atom is -0.470 e. The summed E-state index contributed by atoms with van der Waals surface area (Å²) in [6.07, 6.45) is -3.10. The number of nitrogens with zero attached hydrogens (tertiary/aromatic N) is 2. The van der Waals surface area contributed by atoms with Crippen molar-refractivity contribution in [1.29, 1.82) is 0 Å². The second kappa shape index (κ2) is 5.98. The molecule has 0 atom stereocenters. The minimum absolute atomic E-state index is 0.0395. The summed E-state index contributed by atoms with van der Waals surface area (Å²) < 4.78 is 54.9. The van der Waals surface area contributed by atoms with Crippen molar-refractivity contribution < 1.29 is 22.3 Å². The van der Waals surface area contributed by atoms with Crippen LogP contribution in [-0.2, 0) is 6.42 Å². The highest BCUT2D eigenvalue weighted by Crippen LogP contribution is 2.33. The predicted octanol–water partition coefficient (Wildman–Crippen LogP) is 2.82. The average Bonchev–Trinajstić information content (AvgIpc) is 2.87. The van der Waals surface area contributed by atoms with Crippen molar-refractivity contribution in [2.75, 3.05) is 12.0 Å². The van der Waals surface area contributed by atoms with Gasteiger partial charge in [0, 0.05) is 4.88 Å². The summed E-state index contributed by atoms with van der Waals surface area (Å²) >= 11 is 1.32. The number of nitrogen functional groups attached to an aromatic ring is 1. The fourth-order valence-electron chi connectivity index (χ4n) is 1.52. The van der Waals surface area contributed by atoms with Crippen LogP contribution in [0.1, 0.15) is 11.8 Å². The van der Waals surface area contributed by atoms with Gasteiger partial charge in [-0.3, -0.25) is 5.43 Å². The number of nitrogens with two attached hydrogens (primary N) is 1. The number of fused-ring (bicyclic) bond motifs is 1. The van der Waals surface area contributed by atoms with Gasteiger partial charge >= 0.3 is 12.3 Å². The van der Waals surface area contributed by atoms with Gasteiger partial charge in [-0.15, -0.1) is 11.3 Å². The van der Waals surface area contributed by atoms with E-state index >= 15 is 0 Å². The van der Waals surface area contributed by atoms with E-state index in [9.17, 15) is 17.6 Å². The van der Waals surface area contributed by atoms with Gasteiger partial charge in [0.1, 0.15) is 4.83 Å². The molecule has 0 aliphatic heterocycles. The van der Waals surface area contributed by atoms with Gasteiger partial charge in [-0.2, -0.15) is 13.8 Å². The molecule has 5 nitrogen and oxygen atoms in total. The highest BCUT2D eigenvalue weighted by molar-refractivity contribution is 7.18. The first-order valence-electron chi connectivity index (χ1n) is 5.93. The average molecular weight is 324 g/mol. The molecule has 0 bridgehead atoms. The zero-order valence-electron chi connectivity index (χ0n) is 10.9. The smallest absolute Gasteiger partial charge is 0.340 e. The summed E-state index contributed by atoms with van der Waals surface area (Å²) in [4.78, 5) is 9.25. The van der Waals surface area contributed by atoms with E-state index in [1.54, 1.807) is 6.07 Å². The number of rotatable bonds is 6. The van der Waals surface area contributed by atoms with Gasteiger partial charge in [-0.25, -0.2) is 19.6 Å². The molecule has 0 aromatic carbocycles. The largest absolute Gasteiger partial charge is 0.470 e. The second-order valence-corrected chi connectivity index (χ2v) is 5.25. The number of ether oxygens (including phenoxy) is 1. The van der Waals surface area contributed by atoms with Crippen molar-refractivity contribution in [1.82, 2.24) is 9.97 Å². The number of nitrogens with one attached hydrogen (secondary N) is 1. The van der Waals surface area contributed by atoms with E-state index in [4.69, 9.17) is 10.6 Å². The number of aryl methyl sites for hydroxylation is 1. The van der Waals surface area contributed by atoms with Crippen LogP contribution in [-0.4, -0.2) is 28.9 Å². The Morgan fingerprint density at radius 2 is 2.14 bits per heavy atom. The zero-order chi connectivity index (χ0) is 15.6. The maximum Gasteiger partial charge on any atom is 0.340 e. The molecule has 10 heteroatoms. The van der Waals surface area contributed by atoms with Crippen molar-refractivity contribution in [2.45, 2.75) is 25.7 Å². The van der Waals surface area contributed by atoms with Gasteiger partial charge < -0.3 is 4.74 Å². The summed E-state index contributed by atoms with van der Waals surface area (Å²) in [5.74, 6) is 0.688. The molecule has 0 aliphatic carbocycles. The monoisotopic (exact) mass is 324 g/mol.